The highest BCUT2D eigenvalue weighted by atomic mass is 16.1. The lowest BCUT2D eigenvalue weighted by Crippen LogP contribution is -2.13. The molecule has 2 heteroatoms. The minimum Gasteiger partial charge on any atom is -0.303 e. The summed E-state index contributed by atoms with van der Waals surface area (Å²) in [5.41, 5.74) is 0. The van der Waals surface area contributed by atoms with Crippen LogP contribution in [0, 0.1) is 11.8 Å². The lowest BCUT2D eigenvalue weighted by Gasteiger charge is -2.02. The van der Waals surface area contributed by atoms with Gasteiger partial charge in [0.05, 0.1) is 5.92 Å². The molecule has 50 valence electrons. The first-order valence-electron chi connectivity index (χ1n) is 3.23. The minimum atomic E-state index is -0.287. The molecule has 2 atom stereocenters. The molecule has 0 aromatic heterocycles. The van der Waals surface area contributed by atoms with Gasteiger partial charge in [0.25, 0.3) is 0 Å². The molecule has 0 N–H and O–H groups in total. The summed E-state index contributed by atoms with van der Waals surface area (Å²) in [6.07, 6.45) is 2.27. The van der Waals surface area contributed by atoms with Crippen LogP contribution in [0.5, 0.6) is 0 Å². The van der Waals surface area contributed by atoms with E-state index in [1.165, 1.54) is 0 Å². The normalized spacial score (nSPS) is 35.0. The van der Waals surface area contributed by atoms with E-state index in [1.807, 2.05) is 6.92 Å². The summed E-state index contributed by atoms with van der Waals surface area (Å²) in [6, 6.07) is 0. The topological polar surface area (TPSA) is 34.1 Å². The fraction of sp³-hybridized carbons (Fsp3) is 0.714. The van der Waals surface area contributed by atoms with Crippen molar-refractivity contribution >= 4 is 12.1 Å². The third kappa shape index (κ3) is 1.02. The van der Waals surface area contributed by atoms with Gasteiger partial charge in [0.1, 0.15) is 12.1 Å². The molecule has 0 spiro atoms. The van der Waals surface area contributed by atoms with E-state index in [4.69, 9.17) is 0 Å². The minimum absolute atomic E-state index is 0.123. The van der Waals surface area contributed by atoms with E-state index in [0.29, 0.717) is 6.42 Å². The maximum Gasteiger partial charge on any atom is 0.143 e. The molecule has 0 aliphatic heterocycles. The molecule has 1 saturated carbocycles. The van der Waals surface area contributed by atoms with E-state index in [0.717, 1.165) is 12.7 Å². The fourth-order valence-electron chi connectivity index (χ4n) is 1.24. The van der Waals surface area contributed by atoms with Crippen molar-refractivity contribution < 1.29 is 9.59 Å². The van der Waals surface area contributed by atoms with Gasteiger partial charge in [-0.1, -0.05) is 6.92 Å². The molecule has 0 amide bonds. The maximum absolute atomic E-state index is 10.8. The highest BCUT2D eigenvalue weighted by molar-refractivity contribution is 5.95. The van der Waals surface area contributed by atoms with Crippen LogP contribution in [-0.2, 0) is 9.59 Å². The van der Waals surface area contributed by atoms with Gasteiger partial charge in [-0.3, -0.25) is 4.79 Å². The molecule has 9 heavy (non-hydrogen) atoms. The van der Waals surface area contributed by atoms with Crippen molar-refractivity contribution in [1.82, 2.24) is 0 Å². The van der Waals surface area contributed by atoms with Gasteiger partial charge >= 0.3 is 0 Å². The molecule has 0 heterocycles. The number of Topliss-reactive ketones (excluding diaryl/α,β-unsaturated/α-hetero) is 1. The Hall–Kier alpha value is -0.660. The van der Waals surface area contributed by atoms with E-state index in [1.54, 1.807) is 0 Å². The molecule has 0 aromatic rings. The van der Waals surface area contributed by atoms with Crippen molar-refractivity contribution in [2.24, 2.45) is 11.8 Å². The zero-order chi connectivity index (χ0) is 6.85. The van der Waals surface area contributed by atoms with Crippen LogP contribution in [0.4, 0.5) is 0 Å². The first-order chi connectivity index (χ1) is 4.25. The molecule has 0 aromatic carbocycles. The van der Waals surface area contributed by atoms with Gasteiger partial charge in [0.15, 0.2) is 0 Å². The van der Waals surface area contributed by atoms with Gasteiger partial charge in [-0.2, -0.15) is 0 Å². The number of hydrogen-bond donors (Lipinski definition) is 0. The van der Waals surface area contributed by atoms with Crippen molar-refractivity contribution in [3.63, 3.8) is 0 Å². The second-order valence-electron chi connectivity index (χ2n) is 2.64. The maximum atomic E-state index is 10.8. The summed E-state index contributed by atoms with van der Waals surface area (Å²) in [5.74, 6) is 0.123. The van der Waals surface area contributed by atoms with Crippen LogP contribution < -0.4 is 0 Å². The summed E-state index contributed by atoms with van der Waals surface area (Å²) in [7, 11) is 0. The monoisotopic (exact) mass is 126 g/mol. The average Bonchev–Trinajstić information content (AvgIpc) is 2.12. The first kappa shape index (κ1) is 6.46. The standard InChI is InChI=1S/C7H10O2/c1-5-2-3-7(9)6(5)4-8/h4-6H,2-3H2,1H3/t5-,6?/m1/s1. The van der Waals surface area contributed by atoms with Crippen molar-refractivity contribution in [2.75, 3.05) is 0 Å². The summed E-state index contributed by atoms with van der Waals surface area (Å²) < 4.78 is 0. The summed E-state index contributed by atoms with van der Waals surface area (Å²) >= 11 is 0. The Morgan fingerprint density at radius 2 is 2.33 bits per heavy atom. The predicted molar refractivity (Wildman–Crippen MR) is 33.0 cm³/mol. The van der Waals surface area contributed by atoms with Crippen LogP contribution >= 0.6 is 0 Å². The molecular formula is C7H10O2. The number of aldehydes is 1. The summed E-state index contributed by atoms with van der Waals surface area (Å²) in [4.78, 5) is 21.0. The van der Waals surface area contributed by atoms with Crippen LogP contribution in [0.3, 0.4) is 0 Å². The largest absolute Gasteiger partial charge is 0.303 e. The quantitative estimate of drug-likeness (QED) is 0.384. The highest BCUT2D eigenvalue weighted by Gasteiger charge is 2.30. The van der Waals surface area contributed by atoms with Crippen LogP contribution in [-0.4, -0.2) is 12.1 Å². The molecule has 0 radical (unpaired) electrons. The van der Waals surface area contributed by atoms with Crippen molar-refractivity contribution in [3.8, 4) is 0 Å². The van der Waals surface area contributed by atoms with Crippen LogP contribution in [0.2, 0.25) is 0 Å². The molecule has 1 fully saturated rings. The molecule has 1 aliphatic rings. The Morgan fingerprint density at radius 3 is 2.56 bits per heavy atom. The van der Waals surface area contributed by atoms with Crippen molar-refractivity contribution in [2.45, 2.75) is 19.8 Å². The Bertz CT molecular complexity index is 140. The number of hydrogen-bond acceptors (Lipinski definition) is 2. The zero-order valence-corrected chi connectivity index (χ0v) is 5.46. The fourth-order valence-corrected chi connectivity index (χ4v) is 1.24. The SMILES string of the molecule is C[C@@H]1CCC(=O)C1C=O. The van der Waals surface area contributed by atoms with Gasteiger partial charge in [0, 0.05) is 6.42 Å². The van der Waals surface area contributed by atoms with Gasteiger partial charge < -0.3 is 4.79 Å². The van der Waals surface area contributed by atoms with E-state index in [2.05, 4.69) is 0 Å². The first-order valence-corrected chi connectivity index (χ1v) is 3.23. The molecule has 0 bridgehead atoms. The van der Waals surface area contributed by atoms with Crippen LogP contribution in [0.25, 0.3) is 0 Å². The summed E-state index contributed by atoms with van der Waals surface area (Å²) in [5, 5.41) is 0. The van der Waals surface area contributed by atoms with E-state index >= 15 is 0 Å². The Morgan fingerprint density at radius 1 is 1.67 bits per heavy atom. The molecule has 1 rings (SSSR count). The third-order valence-corrected chi connectivity index (χ3v) is 1.98. The van der Waals surface area contributed by atoms with E-state index < -0.39 is 0 Å². The number of carbonyl (C=O) groups is 2. The van der Waals surface area contributed by atoms with Gasteiger partial charge in [-0.25, -0.2) is 0 Å². The average molecular weight is 126 g/mol. The molecule has 1 aliphatic carbocycles. The molecular weight excluding hydrogens is 116 g/mol. The lowest BCUT2D eigenvalue weighted by molar-refractivity contribution is -0.125. The van der Waals surface area contributed by atoms with E-state index in [9.17, 15) is 9.59 Å². The lowest BCUT2D eigenvalue weighted by atomic mass is 10.00. The third-order valence-electron chi connectivity index (χ3n) is 1.98. The predicted octanol–water partition coefficient (Wildman–Crippen LogP) is 0.800. The van der Waals surface area contributed by atoms with Crippen molar-refractivity contribution in [3.05, 3.63) is 0 Å². The summed E-state index contributed by atoms with van der Waals surface area (Å²) in [6.45, 7) is 1.95. The number of ketones is 1. The molecule has 2 nitrogen and oxygen atoms in total. The van der Waals surface area contributed by atoms with Crippen molar-refractivity contribution in [1.29, 1.82) is 0 Å². The zero-order valence-electron chi connectivity index (χ0n) is 5.46. The second-order valence-corrected chi connectivity index (χ2v) is 2.64. The van der Waals surface area contributed by atoms with Crippen LogP contribution in [0.15, 0.2) is 0 Å². The number of carbonyl (C=O) groups excluding carboxylic acids is 2. The number of rotatable bonds is 1. The van der Waals surface area contributed by atoms with Gasteiger partial charge in [-0.15, -0.1) is 0 Å². The molecule has 1 unspecified atom stereocenters. The Balaban J connectivity index is 2.65. The Labute approximate surface area is 54.2 Å². The smallest absolute Gasteiger partial charge is 0.143 e. The Kier molecular flexibility index (Phi) is 1.65. The highest BCUT2D eigenvalue weighted by Crippen LogP contribution is 2.25. The van der Waals surface area contributed by atoms with Crippen LogP contribution in [0.1, 0.15) is 19.8 Å². The van der Waals surface area contributed by atoms with Gasteiger partial charge in [0.2, 0.25) is 0 Å². The van der Waals surface area contributed by atoms with Gasteiger partial charge in [-0.05, 0) is 12.3 Å². The second kappa shape index (κ2) is 2.29. The molecule has 0 saturated heterocycles. The van der Waals surface area contributed by atoms with E-state index in [-0.39, 0.29) is 17.6 Å².